The summed E-state index contributed by atoms with van der Waals surface area (Å²) in [6, 6.07) is 4.71. The first-order valence-electron chi connectivity index (χ1n) is 7.20. The maximum atomic E-state index is 12.1. The summed E-state index contributed by atoms with van der Waals surface area (Å²) < 4.78 is 5.42. The number of hydrogen-bond donors (Lipinski definition) is 3. The number of amides is 1. The Morgan fingerprint density at radius 3 is 2.73 bits per heavy atom. The van der Waals surface area contributed by atoms with E-state index in [1.807, 2.05) is 6.92 Å². The lowest BCUT2D eigenvalue weighted by molar-refractivity contribution is -0.126. The lowest BCUT2D eigenvalue weighted by Crippen LogP contribution is -2.29. The van der Waals surface area contributed by atoms with Crippen LogP contribution in [0.1, 0.15) is 26.7 Å². The fraction of sp³-hybridized carbons (Fsp3) is 0.400. The molecule has 2 rings (SSSR count). The Hall–Kier alpha value is -2.41. The maximum absolute atomic E-state index is 12.1. The molecule has 1 unspecified atom stereocenters. The van der Waals surface area contributed by atoms with E-state index in [2.05, 4.69) is 15.5 Å². The molecule has 118 valence electrons. The van der Waals surface area contributed by atoms with Crippen LogP contribution in [-0.4, -0.2) is 28.8 Å². The molecule has 3 N–H and O–H groups in total. The first-order chi connectivity index (χ1) is 10.5. The van der Waals surface area contributed by atoms with Crippen LogP contribution in [0.5, 0.6) is 0 Å². The van der Waals surface area contributed by atoms with E-state index in [-0.39, 0.29) is 16.7 Å². The number of benzene rings is 1. The molecule has 0 aliphatic carbocycles. The van der Waals surface area contributed by atoms with Crippen molar-refractivity contribution in [2.24, 2.45) is 0 Å². The molecule has 1 amide bonds. The number of ether oxygens (including phenoxy) is 1. The molecular formula is C15H19N3O4. The molecule has 1 aromatic heterocycles. The number of unbranched alkanes of at least 4 members (excludes halogenated alkanes) is 1. The number of anilines is 1. The van der Waals surface area contributed by atoms with Gasteiger partial charge in [-0.1, -0.05) is 19.4 Å². The monoisotopic (exact) mass is 305 g/mol. The van der Waals surface area contributed by atoms with Gasteiger partial charge in [-0.25, -0.2) is 0 Å². The van der Waals surface area contributed by atoms with Gasteiger partial charge in [-0.2, -0.15) is 0 Å². The van der Waals surface area contributed by atoms with Crippen LogP contribution in [0.3, 0.4) is 0 Å². The van der Waals surface area contributed by atoms with Crippen LogP contribution < -0.4 is 16.4 Å². The Labute approximate surface area is 126 Å². The van der Waals surface area contributed by atoms with E-state index in [1.54, 1.807) is 19.1 Å². The zero-order valence-corrected chi connectivity index (χ0v) is 12.6. The summed E-state index contributed by atoms with van der Waals surface area (Å²) in [5.74, 6) is -0.358. The molecule has 0 aliphatic heterocycles. The van der Waals surface area contributed by atoms with Gasteiger partial charge >= 0.3 is 0 Å². The van der Waals surface area contributed by atoms with Crippen molar-refractivity contribution < 1.29 is 9.53 Å². The molecule has 0 fully saturated rings. The van der Waals surface area contributed by atoms with Gasteiger partial charge in [0.15, 0.2) is 0 Å². The zero-order valence-electron chi connectivity index (χ0n) is 12.6. The Balaban J connectivity index is 2.25. The van der Waals surface area contributed by atoms with Crippen LogP contribution >= 0.6 is 0 Å². The Morgan fingerprint density at radius 1 is 1.27 bits per heavy atom. The molecule has 0 aliphatic rings. The summed E-state index contributed by atoms with van der Waals surface area (Å²) in [5, 5.41) is 7.52. The number of carbonyl (C=O) groups excluding carboxylic acids is 1. The van der Waals surface area contributed by atoms with Crippen LogP contribution in [0.15, 0.2) is 27.8 Å². The standard InChI is InChI=1S/C15H19N3O4/c1-3-4-8-22-9(2)13(19)16-11-7-5-6-10-12(11)15(21)18-17-14(10)20/h5-7,9H,3-4,8H2,1-2H3,(H,16,19)(H,17,20)(H,18,21). The first-order valence-corrected chi connectivity index (χ1v) is 7.20. The molecule has 0 saturated carbocycles. The van der Waals surface area contributed by atoms with E-state index < -0.39 is 17.2 Å². The highest BCUT2D eigenvalue weighted by Crippen LogP contribution is 2.17. The molecule has 1 aromatic carbocycles. The molecular weight excluding hydrogens is 286 g/mol. The van der Waals surface area contributed by atoms with Crippen LogP contribution in [-0.2, 0) is 9.53 Å². The van der Waals surface area contributed by atoms with E-state index in [0.29, 0.717) is 12.3 Å². The summed E-state index contributed by atoms with van der Waals surface area (Å²) >= 11 is 0. The van der Waals surface area contributed by atoms with Crippen molar-refractivity contribution in [1.82, 2.24) is 10.2 Å². The topological polar surface area (TPSA) is 104 Å². The van der Waals surface area contributed by atoms with Gasteiger partial charge in [0.2, 0.25) is 0 Å². The van der Waals surface area contributed by atoms with Gasteiger partial charge < -0.3 is 10.1 Å². The summed E-state index contributed by atoms with van der Waals surface area (Å²) in [6.45, 7) is 4.18. The normalized spacial score (nSPS) is 12.3. The van der Waals surface area contributed by atoms with Crippen molar-refractivity contribution in [3.63, 3.8) is 0 Å². The molecule has 0 bridgehead atoms. The number of fused-ring (bicyclic) bond motifs is 1. The quantitative estimate of drug-likeness (QED) is 0.701. The third-order valence-corrected chi connectivity index (χ3v) is 3.32. The lowest BCUT2D eigenvalue weighted by Gasteiger charge is -2.14. The van der Waals surface area contributed by atoms with Crippen molar-refractivity contribution in [2.75, 3.05) is 11.9 Å². The molecule has 0 saturated heterocycles. The number of aromatic amines is 2. The van der Waals surface area contributed by atoms with Crippen LogP contribution in [0, 0.1) is 0 Å². The van der Waals surface area contributed by atoms with Crippen molar-refractivity contribution in [3.8, 4) is 0 Å². The Kier molecular flexibility index (Phi) is 5.11. The van der Waals surface area contributed by atoms with Gasteiger partial charge in [-0.15, -0.1) is 0 Å². The predicted molar refractivity (Wildman–Crippen MR) is 84.1 cm³/mol. The minimum Gasteiger partial charge on any atom is -0.369 e. The molecule has 1 heterocycles. The van der Waals surface area contributed by atoms with Crippen molar-refractivity contribution in [1.29, 1.82) is 0 Å². The second kappa shape index (κ2) is 7.04. The van der Waals surface area contributed by atoms with Gasteiger partial charge in [0, 0.05) is 6.61 Å². The second-order valence-corrected chi connectivity index (χ2v) is 4.99. The third-order valence-electron chi connectivity index (χ3n) is 3.32. The zero-order chi connectivity index (χ0) is 16.1. The fourth-order valence-corrected chi connectivity index (χ4v) is 2.05. The number of nitrogens with one attached hydrogen (secondary N) is 3. The van der Waals surface area contributed by atoms with Crippen LogP contribution in [0.2, 0.25) is 0 Å². The maximum Gasteiger partial charge on any atom is 0.272 e. The average molecular weight is 305 g/mol. The Bertz CT molecular complexity index is 778. The highest BCUT2D eigenvalue weighted by Gasteiger charge is 2.16. The minimum absolute atomic E-state index is 0.153. The van der Waals surface area contributed by atoms with Gasteiger partial charge in [-0.3, -0.25) is 24.6 Å². The SMILES string of the molecule is CCCCOC(C)C(=O)Nc1cccc2c(=O)[nH][nH]c(=O)c12. The highest BCUT2D eigenvalue weighted by atomic mass is 16.5. The highest BCUT2D eigenvalue weighted by molar-refractivity contribution is 6.02. The van der Waals surface area contributed by atoms with Gasteiger partial charge in [0.1, 0.15) is 6.10 Å². The molecule has 2 aromatic rings. The van der Waals surface area contributed by atoms with Crippen molar-refractivity contribution in [2.45, 2.75) is 32.8 Å². The van der Waals surface area contributed by atoms with E-state index in [1.165, 1.54) is 6.07 Å². The Morgan fingerprint density at radius 2 is 2.00 bits per heavy atom. The smallest absolute Gasteiger partial charge is 0.272 e. The van der Waals surface area contributed by atoms with Gasteiger partial charge in [-0.05, 0) is 25.5 Å². The van der Waals surface area contributed by atoms with E-state index in [0.717, 1.165) is 12.8 Å². The van der Waals surface area contributed by atoms with Crippen molar-refractivity contribution >= 4 is 22.4 Å². The first kappa shape index (κ1) is 16.0. The molecule has 1 atom stereocenters. The number of rotatable bonds is 6. The fourth-order valence-electron chi connectivity index (χ4n) is 2.05. The van der Waals surface area contributed by atoms with Crippen molar-refractivity contribution in [3.05, 3.63) is 38.9 Å². The lowest BCUT2D eigenvalue weighted by atomic mass is 10.1. The van der Waals surface area contributed by atoms with Gasteiger partial charge in [0.05, 0.1) is 16.5 Å². The molecule has 7 heteroatoms. The number of carbonyl (C=O) groups is 1. The predicted octanol–water partition coefficient (Wildman–Crippen LogP) is 1.36. The average Bonchev–Trinajstić information content (AvgIpc) is 2.51. The van der Waals surface area contributed by atoms with E-state index in [4.69, 9.17) is 4.74 Å². The largest absolute Gasteiger partial charge is 0.369 e. The second-order valence-electron chi connectivity index (χ2n) is 4.99. The van der Waals surface area contributed by atoms with Crippen LogP contribution in [0.25, 0.3) is 10.8 Å². The molecule has 22 heavy (non-hydrogen) atoms. The van der Waals surface area contributed by atoms with E-state index >= 15 is 0 Å². The number of H-pyrrole nitrogens is 2. The van der Waals surface area contributed by atoms with Crippen LogP contribution in [0.4, 0.5) is 5.69 Å². The van der Waals surface area contributed by atoms with E-state index in [9.17, 15) is 14.4 Å². The molecule has 7 nitrogen and oxygen atoms in total. The summed E-state index contributed by atoms with van der Waals surface area (Å²) in [5.41, 5.74) is -0.594. The summed E-state index contributed by atoms with van der Waals surface area (Å²) in [6.07, 6.45) is 1.22. The molecule has 0 radical (unpaired) electrons. The third kappa shape index (κ3) is 3.43. The number of hydrogen-bond acceptors (Lipinski definition) is 4. The summed E-state index contributed by atoms with van der Waals surface area (Å²) in [4.78, 5) is 35.7. The number of aromatic nitrogens is 2. The molecule has 0 spiro atoms. The minimum atomic E-state index is -0.636. The summed E-state index contributed by atoms with van der Waals surface area (Å²) in [7, 11) is 0. The van der Waals surface area contributed by atoms with Gasteiger partial charge in [0.25, 0.3) is 17.0 Å².